The Bertz CT molecular complexity index is 643. The molecule has 0 spiro atoms. The van der Waals surface area contributed by atoms with Gasteiger partial charge in [0.25, 0.3) is 0 Å². The minimum atomic E-state index is -3.60. The molecule has 0 aromatic heterocycles. The molecule has 0 aliphatic carbocycles. The van der Waals surface area contributed by atoms with E-state index in [9.17, 15) is 18.0 Å². The first kappa shape index (κ1) is 17.1. The molecule has 21 heavy (non-hydrogen) atoms. The number of hydrogen-bond acceptors (Lipinski definition) is 5. The molecule has 0 aliphatic heterocycles. The molecule has 0 atom stereocenters. The van der Waals surface area contributed by atoms with Crippen LogP contribution in [0.25, 0.3) is 0 Å². The maximum absolute atomic E-state index is 11.8. The summed E-state index contributed by atoms with van der Waals surface area (Å²) in [7, 11) is -2.30. The first-order chi connectivity index (χ1) is 9.80. The van der Waals surface area contributed by atoms with Crippen molar-refractivity contribution in [1.82, 2.24) is 10.0 Å². The van der Waals surface area contributed by atoms with Crippen LogP contribution in [0.3, 0.4) is 0 Å². The molecule has 1 rings (SSSR count). The van der Waals surface area contributed by atoms with Gasteiger partial charge in [0.2, 0.25) is 21.8 Å². The Hall–Kier alpha value is -1.97. The van der Waals surface area contributed by atoms with Gasteiger partial charge in [0.15, 0.2) is 0 Å². The van der Waals surface area contributed by atoms with Crippen LogP contribution in [-0.2, 0) is 19.6 Å². The molecule has 8 nitrogen and oxygen atoms in total. The van der Waals surface area contributed by atoms with Crippen molar-refractivity contribution in [3.8, 4) is 0 Å². The Morgan fingerprint density at radius 2 is 1.90 bits per heavy atom. The summed E-state index contributed by atoms with van der Waals surface area (Å²) in [5.74, 6) is -0.930. The first-order valence-electron chi connectivity index (χ1n) is 6.11. The zero-order chi connectivity index (χ0) is 16.0. The molecule has 0 aliphatic rings. The lowest BCUT2D eigenvalue weighted by atomic mass is 10.2. The monoisotopic (exact) mass is 314 g/mol. The van der Waals surface area contributed by atoms with Gasteiger partial charge in [-0.25, -0.2) is 13.1 Å². The summed E-state index contributed by atoms with van der Waals surface area (Å²) in [6, 6.07) is 4.51. The lowest BCUT2D eigenvalue weighted by molar-refractivity contribution is -0.123. The van der Waals surface area contributed by atoms with Gasteiger partial charge in [-0.3, -0.25) is 9.59 Å². The first-order valence-corrected chi connectivity index (χ1v) is 7.59. The van der Waals surface area contributed by atoms with E-state index < -0.39 is 21.8 Å². The minimum Gasteiger partial charge on any atom is -0.346 e. The molecule has 0 fully saturated rings. The zero-order valence-corrected chi connectivity index (χ0v) is 12.6. The highest BCUT2D eigenvalue weighted by Gasteiger charge is 2.15. The van der Waals surface area contributed by atoms with Crippen molar-refractivity contribution in [2.75, 3.05) is 25.5 Å². The second-order valence-electron chi connectivity index (χ2n) is 4.22. The summed E-state index contributed by atoms with van der Waals surface area (Å²) in [6.45, 7) is 1.21. The third-order valence-electron chi connectivity index (χ3n) is 2.66. The van der Waals surface area contributed by atoms with Gasteiger partial charge in [0.1, 0.15) is 0 Å². The van der Waals surface area contributed by atoms with E-state index in [-0.39, 0.29) is 18.0 Å². The van der Waals surface area contributed by atoms with E-state index in [1.54, 1.807) is 19.1 Å². The van der Waals surface area contributed by atoms with Gasteiger partial charge in [-0.2, -0.15) is 0 Å². The van der Waals surface area contributed by atoms with Crippen LogP contribution in [0.1, 0.15) is 5.56 Å². The quantitative estimate of drug-likeness (QED) is 0.530. The molecule has 0 saturated carbocycles. The third kappa shape index (κ3) is 4.81. The summed E-state index contributed by atoms with van der Waals surface area (Å²) in [4.78, 5) is 22.6. The van der Waals surface area contributed by atoms with Crippen LogP contribution in [0.15, 0.2) is 23.1 Å². The molecule has 1 aromatic carbocycles. The van der Waals surface area contributed by atoms with Gasteiger partial charge >= 0.3 is 0 Å². The molecule has 0 heterocycles. The van der Waals surface area contributed by atoms with Crippen molar-refractivity contribution in [2.24, 2.45) is 5.73 Å². The number of nitrogens with one attached hydrogen (secondary N) is 3. The fraction of sp³-hybridized carbons (Fsp3) is 0.333. The highest BCUT2D eigenvalue weighted by Crippen LogP contribution is 2.19. The van der Waals surface area contributed by atoms with Crippen molar-refractivity contribution in [2.45, 2.75) is 11.8 Å². The fourth-order valence-electron chi connectivity index (χ4n) is 1.53. The standard InChI is InChI=1S/C12H18N4O4S/c1-8-3-4-9(5-10(8)21(19,20)14-2)16-12(18)7-15-11(17)6-13/h3-5,14H,6-7,13H2,1-2H3,(H,15,17)(H,16,18). The lowest BCUT2D eigenvalue weighted by Gasteiger charge is -2.10. The maximum atomic E-state index is 11.8. The van der Waals surface area contributed by atoms with Crippen LogP contribution in [0.5, 0.6) is 0 Å². The highest BCUT2D eigenvalue weighted by molar-refractivity contribution is 7.89. The van der Waals surface area contributed by atoms with Crippen molar-refractivity contribution in [3.05, 3.63) is 23.8 Å². The number of hydrogen-bond donors (Lipinski definition) is 4. The molecule has 9 heteroatoms. The predicted octanol–water partition coefficient (Wildman–Crippen LogP) is -1.08. The van der Waals surface area contributed by atoms with Crippen LogP contribution in [0.4, 0.5) is 5.69 Å². The van der Waals surface area contributed by atoms with E-state index >= 15 is 0 Å². The largest absolute Gasteiger partial charge is 0.346 e. The van der Waals surface area contributed by atoms with Gasteiger partial charge in [0.05, 0.1) is 18.0 Å². The van der Waals surface area contributed by atoms with Gasteiger partial charge < -0.3 is 16.4 Å². The van der Waals surface area contributed by atoms with Gasteiger partial charge in [-0.05, 0) is 31.7 Å². The molecular formula is C12H18N4O4S. The number of rotatable bonds is 6. The van der Waals surface area contributed by atoms with Gasteiger partial charge in [-0.15, -0.1) is 0 Å². The zero-order valence-electron chi connectivity index (χ0n) is 11.8. The number of carbonyl (C=O) groups is 2. The number of anilines is 1. The molecule has 5 N–H and O–H groups in total. The van der Waals surface area contributed by atoms with E-state index in [1.165, 1.54) is 13.1 Å². The Labute approximate surface area is 123 Å². The normalized spacial score (nSPS) is 11.0. The summed E-state index contributed by atoms with van der Waals surface area (Å²) >= 11 is 0. The van der Waals surface area contributed by atoms with Crippen LogP contribution in [0, 0.1) is 6.92 Å². The summed E-state index contributed by atoms with van der Waals surface area (Å²) < 4.78 is 25.9. The van der Waals surface area contributed by atoms with Crippen LogP contribution >= 0.6 is 0 Å². The fourth-order valence-corrected chi connectivity index (χ4v) is 2.53. The molecule has 116 valence electrons. The summed E-state index contributed by atoms with van der Waals surface area (Å²) in [6.07, 6.45) is 0. The SMILES string of the molecule is CNS(=O)(=O)c1cc(NC(=O)CNC(=O)CN)ccc1C. The lowest BCUT2D eigenvalue weighted by Crippen LogP contribution is -2.36. The predicted molar refractivity (Wildman–Crippen MR) is 78.1 cm³/mol. The molecule has 2 amide bonds. The number of aryl methyl sites for hydroxylation is 1. The number of carbonyl (C=O) groups excluding carboxylic acids is 2. The minimum absolute atomic E-state index is 0.0776. The highest BCUT2D eigenvalue weighted by atomic mass is 32.2. The van der Waals surface area contributed by atoms with Crippen molar-refractivity contribution in [3.63, 3.8) is 0 Å². The number of nitrogens with two attached hydrogens (primary N) is 1. The van der Waals surface area contributed by atoms with E-state index in [0.29, 0.717) is 11.3 Å². The van der Waals surface area contributed by atoms with E-state index in [0.717, 1.165) is 0 Å². The third-order valence-corrected chi connectivity index (χ3v) is 4.22. The number of amides is 2. The molecule has 0 radical (unpaired) electrons. The molecule has 0 saturated heterocycles. The topological polar surface area (TPSA) is 130 Å². The average Bonchev–Trinajstić information content (AvgIpc) is 2.46. The molecule has 0 unspecified atom stereocenters. The maximum Gasteiger partial charge on any atom is 0.243 e. The van der Waals surface area contributed by atoms with Crippen LogP contribution in [0.2, 0.25) is 0 Å². The Morgan fingerprint density at radius 3 is 2.48 bits per heavy atom. The summed E-state index contributed by atoms with van der Waals surface area (Å²) in [5.41, 5.74) is 5.97. The van der Waals surface area contributed by atoms with Crippen molar-refractivity contribution in [1.29, 1.82) is 0 Å². The van der Waals surface area contributed by atoms with E-state index in [1.807, 2.05) is 0 Å². The molecular weight excluding hydrogens is 296 g/mol. The van der Waals surface area contributed by atoms with Crippen molar-refractivity contribution >= 4 is 27.5 Å². The summed E-state index contributed by atoms with van der Waals surface area (Å²) in [5, 5.41) is 4.81. The van der Waals surface area contributed by atoms with Crippen LogP contribution in [-0.4, -0.2) is 40.4 Å². The number of benzene rings is 1. The van der Waals surface area contributed by atoms with E-state index in [2.05, 4.69) is 15.4 Å². The Morgan fingerprint density at radius 1 is 1.24 bits per heavy atom. The second kappa shape index (κ2) is 7.16. The van der Waals surface area contributed by atoms with Gasteiger partial charge in [0, 0.05) is 5.69 Å². The average molecular weight is 314 g/mol. The Kier molecular flexibility index (Phi) is 5.82. The van der Waals surface area contributed by atoms with Gasteiger partial charge in [-0.1, -0.05) is 6.07 Å². The van der Waals surface area contributed by atoms with Crippen LogP contribution < -0.4 is 21.1 Å². The Balaban J connectivity index is 2.84. The van der Waals surface area contributed by atoms with Crippen molar-refractivity contribution < 1.29 is 18.0 Å². The van der Waals surface area contributed by atoms with E-state index in [4.69, 9.17) is 5.73 Å². The molecule has 1 aromatic rings. The second-order valence-corrected chi connectivity index (χ2v) is 6.07. The number of sulfonamides is 1. The smallest absolute Gasteiger partial charge is 0.243 e. The molecule has 0 bridgehead atoms.